The van der Waals surface area contributed by atoms with E-state index in [2.05, 4.69) is 33.9 Å². The molecule has 3 fully saturated rings. The fraction of sp³-hybridized carbons (Fsp3) is 0.622. The molecule has 3 saturated heterocycles. The molecule has 0 bridgehead atoms. The number of benzene rings is 2. The minimum atomic E-state index is -1.02. The van der Waals surface area contributed by atoms with Gasteiger partial charge in [-0.2, -0.15) is 0 Å². The lowest BCUT2D eigenvalue weighted by atomic mass is 9.99. The van der Waals surface area contributed by atoms with Crippen LogP contribution in [0.2, 0.25) is 0 Å². The molecule has 0 aliphatic carbocycles. The third kappa shape index (κ3) is 12.6. The molecule has 4 aliphatic heterocycles. The molecule has 4 aliphatic rings. The second-order valence-electron chi connectivity index (χ2n) is 16.6. The van der Waals surface area contributed by atoms with Crippen molar-refractivity contribution in [2.24, 2.45) is 5.92 Å². The number of urea groups is 1. The van der Waals surface area contributed by atoms with Gasteiger partial charge < -0.3 is 43.7 Å². The summed E-state index contributed by atoms with van der Waals surface area (Å²) in [6, 6.07) is 11.3. The van der Waals surface area contributed by atoms with Crippen molar-refractivity contribution in [2.45, 2.75) is 98.1 Å². The van der Waals surface area contributed by atoms with Crippen LogP contribution in [-0.2, 0) is 31.9 Å². The predicted molar refractivity (Wildman–Crippen MR) is 232 cm³/mol. The topological polar surface area (TPSA) is 161 Å². The molecule has 15 nitrogen and oxygen atoms in total. The lowest BCUT2D eigenvalue weighted by Crippen LogP contribution is -2.53. The highest BCUT2D eigenvalue weighted by molar-refractivity contribution is 5.91. The van der Waals surface area contributed by atoms with Gasteiger partial charge in [0, 0.05) is 70.5 Å². The normalized spacial score (nSPS) is 18.7. The molecule has 0 saturated carbocycles. The van der Waals surface area contributed by atoms with Crippen LogP contribution in [0.5, 0.6) is 0 Å². The van der Waals surface area contributed by atoms with Crippen LogP contribution in [0.4, 0.5) is 15.3 Å². The van der Waals surface area contributed by atoms with Gasteiger partial charge in [-0.25, -0.2) is 14.4 Å². The number of amides is 4. The maximum Gasteiger partial charge on any atom is 0.417 e. The molecule has 0 radical (unpaired) electrons. The van der Waals surface area contributed by atoms with E-state index >= 15 is 0 Å². The maximum atomic E-state index is 13.7. The second kappa shape index (κ2) is 22.1. The number of para-hydroxylation sites is 1. The maximum absolute atomic E-state index is 13.7. The molecule has 2 aromatic carbocycles. The van der Waals surface area contributed by atoms with Crippen molar-refractivity contribution in [3.05, 3.63) is 63.6 Å². The molecule has 1 aromatic heterocycles. The minimum Gasteiger partial charge on any atom is -0.466 e. The average molecular weight is 834 g/mol. The third-order valence-corrected chi connectivity index (χ3v) is 12.1. The van der Waals surface area contributed by atoms with Crippen LogP contribution in [0.1, 0.15) is 82.9 Å². The third-order valence-electron chi connectivity index (χ3n) is 12.1. The Balaban J connectivity index is 0.000000340. The highest BCUT2D eigenvalue weighted by Gasteiger charge is 2.35. The van der Waals surface area contributed by atoms with Crippen molar-refractivity contribution >= 4 is 40.8 Å². The number of piperazine rings is 1. The number of aromatic amines is 1. The van der Waals surface area contributed by atoms with Gasteiger partial charge in [0.15, 0.2) is 11.7 Å². The van der Waals surface area contributed by atoms with Crippen molar-refractivity contribution in [1.82, 2.24) is 29.5 Å². The van der Waals surface area contributed by atoms with Crippen LogP contribution in [0, 0.1) is 12.8 Å². The zero-order valence-corrected chi connectivity index (χ0v) is 35.3. The monoisotopic (exact) mass is 834 g/mol. The quantitative estimate of drug-likeness (QED) is 0.176. The highest BCUT2D eigenvalue weighted by atomic mass is 16.6. The summed E-state index contributed by atoms with van der Waals surface area (Å²) >= 11 is 0. The van der Waals surface area contributed by atoms with Crippen LogP contribution in [0.3, 0.4) is 0 Å². The number of nitrogens with zero attached hydrogens (tertiary/aromatic N) is 5. The number of unbranched alkanes of at least 4 members (excludes halogenated alkanes) is 1. The number of hydrogen-bond donors (Lipinski definition) is 2. The van der Waals surface area contributed by atoms with Crippen LogP contribution < -0.4 is 11.1 Å². The Morgan fingerprint density at radius 3 is 2.35 bits per heavy atom. The lowest BCUT2D eigenvalue weighted by Gasteiger charge is -2.38. The number of ether oxygens (including phenoxy) is 2. The van der Waals surface area contributed by atoms with Crippen LogP contribution in [0.25, 0.3) is 11.1 Å². The number of hydrogen-bond acceptors (Lipinski definition) is 10. The number of anilines is 1. The molecule has 0 unspecified atom stereocenters. The Hall–Kier alpha value is -4.89. The van der Waals surface area contributed by atoms with Crippen molar-refractivity contribution in [2.75, 3.05) is 84.4 Å². The Morgan fingerprint density at radius 1 is 0.917 bits per heavy atom. The number of oxazole rings is 1. The number of aryl methyl sites for hydroxylation is 1. The van der Waals surface area contributed by atoms with Crippen LogP contribution in [-0.4, -0.2) is 145 Å². The summed E-state index contributed by atoms with van der Waals surface area (Å²) in [7, 11) is 2.01. The fourth-order valence-electron chi connectivity index (χ4n) is 8.27. The van der Waals surface area contributed by atoms with Gasteiger partial charge in [-0.1, -0.05) is 52.0 Å². The summed E-state index contributed by atoms with van der Waals surface area (Å²) in [5.74, 6) is 0.0441. The van der Waals surface area contributed by atoms with E-state index in [4.69, 9.17) is 13.9 Å². The highest BCUT2D eigenvalue weighted by Crippen LogP contribution is 2.26. The van der Waals surface area contributed by atoms with Gasteiger partial charge >= 0.3 is 23.8 Å². The number of likely N-dealkylation sites (N-methyl/N-ethyl adjacent to an activating group) is 1. The molecule has 0 spiro atoms. The van der Waals surface area contributed by atoms with Crippen molar-refractivity contribution < 1.29 is 33.1 Å². The number of likely N-dealkylation sites (tertiary alicyclic amines) is 2. The van der Waals surface area contributed by atoms with E-state index in [1.165, 1.54) is 12.8 Å². The van der Waals surface area contributed by atoms with E-state index in [9.17, 15) is 24.0 Å². The van der Waals surface area contributed by atoms with E-state index in [1.807, 2.05) is 49.2 Å². The average Bonchev–Trinajstić information content (AvgIpc) is 3.53. The van der Waals surface area contributed by atoms with Gasteiger partial charge in [0.2, 0.25) is 0 Å². The summed E-state index contributed by atoms with van der Waals surface area (Å²) < 4.78 is 16.3. The van der Waals surface area contributed by atoms with Crippen LogP contribution in [0.15, 0.2) is 45.6 Å². The molecule has 330 valence electrons. The largest absolute Gasteiger partial charge is 0.466 e. The molecule has 7 rings (SSSR count). The first-order valence-corrected chi connectivity index (χ1v) is 21.6. The van der Waals surface area contributed by atoms with Gasteiger partial charge in [0.1, 0.15) is 0 Å². The molecule has 2 N–H and O–H groups in total. The first-order chi connectivity index (χ1) is 28.5. The zero-order chi connectivity index (χ0) is 41.9. The summed E-state index contributed by atoms with van der Waals surface area (Å²) in [5, 5.41) is 3.03. The Labute approximate surface area is 354 Å². The number of carbonyl (C=O) groups is 4. The summed E-state index contributed by atoms with van der Waals surface area (Å²) in [4.78, 5) is 75.7. The van der Waals surface area contributed by atoms with E-state index in [0.717, 1.165) is 80.3 Å². The number of carbonyl (C=O) groups excluding carboxylic acids is 4. The Bertz CT molecular complexity index is 1940. The van der Waals surface area contributed by atoms with E-state index in [1.54, 1.807) is 15.9 Å². The molecular formula is C45H67N7O8. The van der Waals surface area contributed by atoms with E-state index in [-0.39, 0.29) is 37.8 Å². The molecule has 60 heavy (non-hydrogen) atoms. The number of aromatic nitrogens is 1. The van der Waals surface area contributed by atoms with Gasteiger partial charge in [0.05, 0.1) is 18.5 Å². The number of nitrogens with one attached hydrogen (secondary N) is 2. The number of fused-ring (bicyclic) bond motifs is 2. The first-order valence-electron chi connectivity index (χ1n) is 21.6. The molecule has 15 heteroatoms. The van der Waals surface area contributed by atoms with Crippen molar-refractivity contribution in [3.63, 3.8) is 0 Å². The first kappa shape index (κ1) is 46.2. The molecule has 3 aromatic rings. The van der Waals surface area contributed by atoms with E-state index in [0.29, 0.717) is 69.7 Å². The van der Waals surface area contributed by atoms with Crippen molar-refractivity contribution in [3.8, 4) is 0 Å². The summed E-state index contributed by atoms with van der Waals surface area (Å²) in [6.07, 6.45) is 5.77. The van der Waals surface area contributed by atoms with Gasteiger partial charge in [-0.3, -0.25) is 14.6 Å². The van der Waals surface area contributed by atoms with Gasteiger partial charge in [-0.05, 0) is 100 Å². The SMILES string of the molecule is C.CCCCOC(=O)CCN1CCC(C)CC1.Cc1cc(C[C@@H](OC(=O)N2CCC(N3CCc4ccccc4NC3=O)CC2)C(=O)N2CCN(C)CC2)cc2oc(=O)[nH]c12. The second-order valence-corrected chi connectivity index (χ2v) is 16.6. The van der Waals surface area contributed by atoms with Gasteiger partial charge in [-0.15, -0.1) is 0 Å². The lowest BCUT2D eigenvalue weighted by molar-refractivity contribution is -0.144. The molecule has 5 heterocycles. The number of rotatable bonds is 11. The molecule has 1 atom stereocenters. The summed E-state index contributed by atoms with van der Waals surface area (Å²) in [5.41, 5.74) is 4.51. The number of H-pyrrole nitrogens is 1. The summed E-state index contributed by atoms with van der Waals surface area (Å²) in [6.45, 7) is 14.1. The fourth-order valence-corrected chi connectivity index (χ4v) is 8.27. The Morgan fingerprint density at radius 2 is 1.63 bits per heavy atom. The number of piperidine rings is 2. The minimum absolute atomic E-state index is 0. The smallest absolute Gasteiger partial charge is 0.417 e. The predicted octanol–water partition coefficient (Wildman–Crippen LogP) is 5.89. The van der Waals surface area contributed by atoms with Crippen LogP contribution >= 0.6 is 0 Å². The molecular weight excluding hydrogens is 767 g/mol. The number of esters is 1. The van der Waals surface area contributed by atoms with Crippen molar-refractivity contribution in [1.29, 1.82) is 0 Å². The standard InChI is InChI=1S/C31H38N6O6.C13H25NO2.CH4/c1-20-17-21(18-25-27(20)33-30(40)42-25)19-26(28(38)35-15-13-34(2)14-16-35)43-31(41)36-10-8-23(9-11-36)37-12-7-22-5-3-4-6-24(22)32-29(37)39;1-3-4-11-16-13(15)7-10-14-8-5-12(2)6-9-14;/h3-6,17-18,23,26H,7-16,19H2,1-2H3,(H,32,39)(H,33,40);12H,3-11H2,1-2H3;1H4/t26-;;/m1../s1. The zero-order valence-electron chi connectivity index (χ0n) is 35.3. The van der Waals surface area contributed by atoms with Gasteiger partial charge in [0.25, 0.3) is 5.91 Å². The Kier molecular flexibility index (Phi) is 17.0. The molecule has 4 amide bonds. The van der Waals surface area contributed by atoms with E-state index < -0.39 is 18.0 Å².